The van der Waals surface area contributed by atoms with Gasteiger partial charge in [0.25, 0.3) is 0 Å². The number of carbonyl (C=O) groups excluding carboxylic acids is 1. The van der Waals surface area contributed by atoms with Crippen molar-refractivity contribution in [2.45, 2.75) is 32.1 Å². The number of carbonyl (C=O) groups is 1. The van der Waals surface area contributed by atoms with Gasteiger partial charge in [0.2, 0.25) is 5.91 Å². The first-order chi connectivity index (χ1) is 20.1. The molecule has 41 heavy (non-hydrogen) atoms. The van der Waals surface area contributed by atoms with Crippen LogP contribution in [0, 0.1) is 0 Å². The number of halogens is 1. The van der Waals surface area contributed by atoms with Crippen molar-refractivity contribution in [1.82, 2.24) is 30.0 Å². The third-order valence-electron chi connectivity index (χ3n) is 7.91. The lowest BCUT2D eigenvalue weighted by atomic mass is 9.88. The lowest BCUT2D eigenvalue weighted by molar-refractivity contribution is -0.130. The van der Waals surface area contributed by atoms with Gasteiger partial charge >= 0.3 is 0 Å². The van der Waals surface area contributed by atoms with Crippen LogP contribution in [0.25, 0.3) is 16.6 Å². The number of aromatic nitrogens is 5. The maximum absolute atomic E-state index is 13.1. The third-order valence-corrected chi connectivity index (χ3v) is 8.15. The van der Waals surface area contributed by atoms with Crippen molar-refractivity contribution in [2.75, 3.05) is 13.1 Å². The van der Waals surface area contributed by atoms with Gasteiger partial charge in [0.05, 0.1) is 12.1 Å². The molecule has 0 radical (unpaired) electrons. The van der Waals surface area contributed by atoms with Crippen molar-refractivity contribution in [3.8, 4) is 5.75 Å². The quantitative estimate of drug-likeness (QED) is 0.288. The Balaban J connectivity index is 1.24. The highest BCUT2D eigenvalue weighted by molar-refractivity contribution is 6.30. The zero-order valence-corrected chi connectivity index (χ0v) is 23.1. The minimum Gasteiger partial charge on any atom is -0.356 e. The Morgan fingerprint density at radius 2 is 1.76 bits per heavy atom. The molecule has 1 fully saturated rings. The molecule has 2 aromatic carbocycles. The number of aryl methyl sites for hydroxylation is 1. The van der Waals surface area contributed by atoms with Crippen LogP contribution in [-0.2, 0) is 24.1 Å². The molecule has 9 heteroatoms. The maximum Gasteiger partial charge on any atom is 0.227 e. The first kappa shape index (κ1) is 25.4. The van der Waals surface area contributed by atoms with Crippen LogP contribution in [0.5, 0.6) is 5.75 Å². The molecule has 7 rings (SSSR count). The van der Waals surface area contributed by atoms with Crippen molar-refractivity contribution in [3.05, 3.63) is 118 Å². The molecule has 1 aliphatic heterocycles. The largest absolute Gasteiger partial charge is 0.356 e. The zero-order valence-electron chi connectivity index (χ0n) is 22.3. The van der Waals surface area contributed by atoms with Gasteiger partial charge in [0, 0.05) is 53.9 Å². The molecule has 0 bridgehead atoms. The van der Waals surface area contributed by atoms with E-state index in [0.29, 0.717) is 30.3 Å². The highest BCUT2D eigenvalue weighted by atomic mass is 35.5. The third kappa shape index (κ3) is 4.95. The molecule has 0 N–H and O–H groups in total. The Morgan fingerprint density at radius 3 is 2.61 bits per heavy atom. The molecule has 8 nitrogen and oxygen atoms in total. The van der Waals surface area contributed by atoms with Crippen molar-refractivity contribution in [1.29, 1.82) is 0 Å². The van der Waals surface area contributed by atoms with E-state index in [0.717, 1.165) is 64.7 Å². The number of para-hydroxylation sites is 1. The number of hydrogen-bond acceptors (Lipinski definition) is 6. The summed E-state index contributed by atoms with van der Waals surface area (Å²) in [5.41, 5.74) is 9.24. The van der Waals surface area contributed by atoms with E-state index in [1.54, 1.807) is 18.6 Å². The van der Waals surface area contributed by atoms with Crippen LogP contribution in [0.3, 0.4) is 0 Å². The fourth-order valence-corrected chi connectivity index (χ4v) is 6.04. The average Bonchev–Trinajstić information content (AvgIpc) is 3.33. The minimum atomic E-state index is 0.141. The van der Waals surface area contributed by atoms with Crippen LogP contribution in [0.2, 0.25) is 5.02 Å². The maximum atomic E-state index is 13.1. The van der Waals surface area contributed by atoms with Crippen LogP contribution in [-0.4, -0.2) is 49.0 Å². The highest BCUT2D eigenvalue weighted by Crippen LogP contribution is 2.41. The molecule has 5 aromatic rings. The van der Waals surface area contributed by atoms with Crippen molar-refractivity contribution >= 4 is 34.1 Å². The normalized spacial score (nSPS) is 14.9. The number of nitrogens with zero attached hydrogens (tertiary/aromatic N) is 6. The molecule has 0 unspecified atom stereocenters. The minimum absolute atomic E-state index is 0.141. The summed E-state index contributed by atoms with van der Waals surface area (Å²) >= 11 is 6.45. The van der Waals surface area contributed by atoms with Crippen LogP contribution >= 0.6 is 11.6 Å². The molecule has 0 atom stereocenters. The first-order valence-electron chi connectivity index (χ1n) is 13.8. The second-order valence-corrected chi connectivity index (χ2v) is 10.8. The number of benzene rings is 2. The second kappa shape index (κ2) is 10.8. The van der Waals surface area contributed by atoms with E-state index in [-0.39, 0.29) is 5.91 Å². The molecule has 2 aliphatic rings. The van der Waals surface area contributed by atoms with E-state index in [2.05, 4.69) is 27.4 Å². The predicted molar refractivity (Wildman–Crippen MR) is 156 cm³/mol. The molecular weight excluding hydrogens is 536 g/mol. The van der Waals surface area contributed by atoms with E-state index in [9.17, 15) is 4.79 Å². The predicted octanol–water partition coefficient (Wildman–Crippen LogP) is 5.48. The van der Waals surface area contributed by atoms with Crippen LogP contribution in [0.4, 0.5) is 0 Å². The zero-order chi connectivity index (χ0) is 27.8. The Hall–Kier alpha value is -4.56. The topological polar surface area (TPSA) is 86.0 Å². The molecule has 3 aromatic heterocycles. The van der Waals surface area contributed by atoms with Gasteiger partial charge in [0.1, 0.15) is 11.0 Å². The van der Waals surface area contributed by atoms with Gasteiger partial charge in [0.15, 0.2) is 5.75 Å². The number of rotatable bonds is 4. The van der Waals surface area contributed by atoms with Crippen LogP contribution in [0.15, 0.2) is 84.8 Å². The van der Waals surface area contributed by atoms with Crippen LogP contribution < -0.4 is 4.84 Å². The van der Waals surface area contributed by atoms with E-state index in [1.165, 1.54) is 16.0 Å². The summed E-state index contributed by atoms with van der Waals surface area (Å²) in [7, 11) is 0. The number of pyridine rings is 2. The molecule has 4 heterocycles. The van der Waals surface area contributed by atoms with E-state index >= 15 is 0 Å². The number of likely N-dealkylation sites (tertiary alicyclic amines) is 1. The highest BCUT2D eigenvalue weighted by Gasteiger charge is 2.28. The van der Waals surface area contributed by atoms with Crippen molar-refractivity contribution in [2.24, 2.45) is 0 Å². The summed E-state index contributed by atoms with van der Waals surface area (Å²) in [6.45, 7) is 1.34. The average molecular weight is 563 g/mol. The summed E-state index contributed by atoms with van der Waals surface area (Å²) in [5.74, 6) is 0.843. The molecule has 204 valence electrons. The lowest BCUT2D eigenvalue weighted by Gasteiger charge is -2.30. The van der Waals surface area contributed by atoms with Gasteiger partial charge in [-0.25, -0.2) is 0 Å². The fourth-order valence-electron chi connectivity index (χ4n) is 5.85. The van der Waals surface area contributed by atoms with Gasteiger partial charge in [-0.1, -0.05) is 40.2 Å². The van der Waals surface area contributed by atoms with E-state index in [1.807, 2.05) is 53.4 Å². The molecule has 0 saturated carbocycles. The fraction of sp³-hybridized carbons (Fsp3) is 0.219. The van der Waals surface area contributed by atoms with E-state index in [4.69, 9.17) is 21.4 Å². The van der Waals surface area contributed by atoms with Crippen molar-refractivity contribution < 1.29 is 9.63 Å². The van der Waals surface area contributed by atoms with Gasteiger partial charge < -0.3 is 9.74 Å². The molecule has 1 saturated heterocycles. The number of hydrogen-bond donors (Lipinski definition) is 0. The summed E-state index contributed by atoms with van der Waals surface area (Å²) in [5, 5.41) is 9.18. The monoisotopic (exact) mass is 562 g/mol. The standard InChI is InChI=1S/C32H27ClN6O2/c33-24-6-8-25-23(20-24)5-7-26-29(41-39-28-4-2-1-3-27(28)36-37-39)11-16-35-32(26)31(25)22-12-17-38(18-13-22)30(40)19-21-9-14-34-15-10-21/h1-4,6,8-11,14-16,20H,5,7,12-13,17-19H2. The summed E-state index contributed by atoms with van der Waals surface area (Å²) in [6.07, 6.45) is 8.73. The summed E-state index contributed by atoms with van der Waals surface area (Å²) in [4.78, 5) is 31.8. The number of amides is 1. The van der Waals surface area contributed by atoms with Gasteiger partial charge in [-0.15, -0.1) is 5.10 Å². The van der Waals surface area contributed by atoms with Crippen molar-refractivity contribution in [3.63, 3.8) is 0 Å². The van der Waals surface area contributed by atoms with Gasteiger partial charge in [-0.3, -0.25) is 14.8 Å². The SMILES string of the molecule is O=C(Cc1ccncc1)N1CCC(=C2c3ccc(Cl)cc3CCc3c(On4nnc5ccccc54)ccnc32)CC1. The Labute approximate surface area is 242 Å². The summed E-state index contributed by atoms with van der Waals surface area (Å²) in [6, 6.07) is 19.5. The number of piperidine rings is 1. The molecule has 1 amide bonds. The van der Waals surface area contributed by atoms with Crippen LogP contribution in [0.1, 0.15) is 40.8 Å². The Kier molecular flexibility index (Phi) is 6.68. The Bertz CT molecular complexity index is 1790. The Morgan fingerprint density at radius 1 is 0.927 bits per heavy atom. The molecular formula is C32H27ClN6O2. The molecule has 0 spiro atoms. The lowest BCUT2D eigenvalue weighted by Crippen LogP contribution is -2.37. The van der Waals surface area contributed by atoms with E-state index < -0.39 is 0 Å². The first-order valence-corrected chi connectivity index (χ1v) is 14.2. The summed E-state index contributed by atoms with van der Waals surface area (Å²) < 4.78 is 0. The van der Waals surface area contributed by atoms with Gasteiger partial charge in [-0.05, 0) is 84.0 Å². The molecule has 1 aliphatic carbocycles. The van der Waals surface area contributed by atoms with Gasteiger partial charge in [-0.2, -0.15) is 0 Å². The second-order valence-electron chi connectivity index (χ2n) is 10.4. The number of fused-ring (bicyclic) bond motifs is 3. The smallest absolute Gasteiger partial charge is 0.227 e.